The molecule has 0 atom stereocenters. The number of hydrogen-bond acceptors (Lipinski definition) is 7. The molecule has 1 aromatic carbocycles. The molecule has 0 spiro atoms. The van der Waals surface area contributed by atoms with Crippen LogP contribution in [0.25, 0.3) is 6.08 Å². The van der Waals surface area contributed by atoms with Gasteiger partial charge in [-0.25, -0.2) is 0 Å². The lowest BCUT2D eigenvalue weighted by atomic mass is 10.2. The van der Waals surface area contributed by atoms with Gasteiger partial charge in [-0.3, -0.25) is 19.3 Å². The Kier molecular flexibility index (Phi) is 5.25. The lowest BCUT2D eigenvalue weighted by molar-refractivity contribution is -0.129. The molecule has 25 heavy (non-hydrogen) atoms. The second-order valence-electron chi connectivity index (χ2n) is 5.22. The van der Waals surface area contributed by atoms with Gasteiger partial charge in [-0.1, -0.05) is 6.07 Å². The minimum absolute atomic E-state index is 0.160. The van der Waals surface area contributed by atoms with E-state index in [9.17, 15) is 14.4 Å². The van der Waals surface area contributed by atoms with Crippen LogP contribution < -0.4 is 14.8 Å². The number of imide groups is 1. The molecule has 3 rings (SSSR count). The highest BCUT2D eigenvalue weighted by Gasteiger charge is 2.36. The predicted molar refractivity (Wildman–Crippen MR) is 90.1 cm³/mol. The molecule has 2 heterocycles. The Hall–Kier alpha value is -2.52. The zero-order valence-corrected chi connectivity index (χ0v) is 14.3. The SMILES string of the molecule is COCCNC(=O)CN1C(=O)S/C(=C\c2ccc3c(c2)OCO3)C1=O. The molecule has 2 aliphatic heterocycles. The monoisotopic (exact) mass is 364 g/mol. The number of benzene rings is 1. The molecule has 132 valence electrons. The van der Waals surface area contributed by atoms with E-state index in [1.165, 1.54) is 7.11 Å². The van der Waals surface area contributed by atoms with Crippen molar-refractivity contribution < 1.29 is 28.6 Å². The van der Waals surface area contributed by atoms with Crippen LogP contribution in [0.1, 0.15) is 5.56 Å². The molecule has 9 heteroatoms. The van der Waals surface area contributed by atoms with Crippen LogP contribution in [-0.4, -0.2) is 55.6 Å². The maximum absolute atomic E-state index is 12.4. The number of amides is 3. The minimum atomic E-state index is -0.491. The predicted octanol–water partition coefficient (Wildman–Crippen LogP) is 1.21. The van der Waals surface area contributed by atoms with Crippen LogP contribution in [0.3, 0.4) is 0 Å². The number of hydrogen-bond donors (Lipinski definition) is 1. The molecule has 0 aromatic heterocycles. The second-order valence-corrected chi connectivity index (χ2v) is 6.22. The number of fused-ring (bicyclic) bond motifs is 1. The lowest BCUT2D eigenvalue weighted by Gasteiger charge is -2.12. The molecule has 3 amide bonds. The van der Waals surface area contributed by atoms with Crippen molar-refractivity contribution >= 4 is 34.9 Å². The summed E-state index contributed by atoms with van der Waals surface area (Å²) < 4.78 is 15.3. The van der Waals surface area contributed by atoms with Crippen LogP contribution in [-0.2, 0) is 14.3 Å². The maximum atomic E-state index is 12.4. The number of rotatable bonds is 6. The van der Waals surface area contributed by atoms with Gasteiger partial charge in [-0.2, -0.15) is 0 Å². The Labute approximate surface area is 148 Å². The summed E-state index contributed by atoms with van der Waals surface area (Å²) in [5, 5.41) is 2.10. The molecule has 0 bridgehead atoms. The second kappa shape index (κ2) is 7.58. The van der Waals surface area contributed by atoms with Crippen LogP contribution in [0.5, 0.6) is 11.5 Å². The van der Waals surface area contributed by atoms with Crippen LogP contribution in [0.15, 0.2) is 23.1 Å². The first-order valence-electron chi connectivity index (χ1n) is 7.49. The van der Waals surface area contributed by atoms with Crippen molar-refractivity contribution in [2.24, 2.45) is 0 Å². The summed E-state index contributed by atoms with van der Waals surface area (Å²) in [7, 11) is 1.52. The Balaban J connectivity index is 1.67. The first-order chi connectivity index (χ1) is 12.1. The lowest BCUT2D eigenvalue weighted by Crippen LogP contribution is -2.40. The van der Waals surface area contributed by atoms with E-state index < -0.39 is 17.1 Å². The fraction of sp³-hybridized carbons (Fsp3) is 0.312. The highest BCUT2D eigenvalue weighted by molar-refractivity contribution is 8.18. The minimum Gasteiger partial charge on any atom is -0.454 e. The molecule has 0 radical (unpaired) electrons. The van der Waals surface area contributed by atoms with E-state index in [1.54, 1.807) is 24.3 Å². The van der Waals surface area contributed by atoms with Crippen molar-refractivity contribution in [2.75, 3.05) is 33.6 Å². The van der Waals surface area contributed by atoms with Crippen molar-refractivity contribution in [1.82, 2.24) is 10.2 Å². The van der Waals surface area contributed by atoms with Crippen molar-refractivity contribution in [2.45, 2.75) is 0 Å². The third-order valence-electron chi connectivity index (χ3n) is 3.50. The summed E-state index contributed by atoms with van der Waals surface area (Å²) in [5.74, 6) is 0.321. The molecule has 1 fully saturated rings. The number of carbonyl (C=O) groups is 3. The molecule has 1 aromatic rings. The number of carbonyl (C=O) groups excluding carboxylic acids is 3. The van der Waals surface area contributed by atoms with E-state index in [-0.39, 0.29) is 18.2 Å². The number of methoxy groups -OCH3 is 1. The van der Waals surface area contributed by atoms with Gasteiger partial charge in [0.15, 0.2) is 11.5 Å². The Morgan fingerprint density at radius 1 is 1.36 bits per heavy atom. The van der Waals surface area contributed by atoms with Gasteiger partial charge >= 0.3 is 0 Å². The van der Waals surface area contributed by atoms with E-state index >= 15 is 0 Å². The van der Waals surface area contributed by atoms with Crippen molar-refractivity contribution in [3.05, 3.63) is 28.7 Å². The normalized spacial score (nSPS) is 17.5. The summed E-state index contributed by atoms with van der Waals surface area (Å²) in [6.07, 6.45) is 1.59. The molecule has 1 saturated heterocycles. The van der Waals surface area contributed by atoms with Crippen molar-refractivity contribution in [3.63, 3.8) is 0 Å². The molecule has 0 aliphatic carbocycles. The molecule has 8 nitrogen and oxygen atoms in total. The van der Waals surface area contributed by atoms with Crippen LogP contribution in [0.2, 0.25) is 0 Å². The van der Waals surface area contributed by atoms with Crippen LogP contribution >= 0.6 is 11.8 Å². The first kappa shape index (κ1) is 17.3. The average Bonchev–Trinajstić information content (AvgIpc) is 3.15. The molecule has 0 saturated carbocycles. The molecular weight excluding hydrogens is 348 g/mol. The topological polar surface area (TPSA) is 94.2 Å². The van der Waals surface area contributed by atoms with Crippen molar-refractivity contribution in [3.8, 4) is 11.5 Å². The Morgan fingerprint density at radius 2 is 2.16 bits per heavy atom. The zero-order chi connectivity index (χ0) is 17.8. The van der Waals surface area contributed by atoms with Crippen LogP contribution in [0, 0.1) is 0 Å². The van der Waals surface area contributed by atoms with Gasteiger partial charge in [-0.15, -0.1) is 0 Å². The third kappa shape index (κ3) is 3.94. The number of nitrogens with zero attached hydrogens (tertiary/aromatic N) is 1. The van der Waals surface area contributed by atoms with Crippen molar-refractivity contribution in [1.29, 1.82) is 0 Å². The molecule has 1 N–H and O–H groups in total. The standard InChI is InChI=1S/C16H16N2O6S/c1-22-5-4-17-14(19)8-18-15(20)13(25-16(18)21)7-10-2-3-11-12(6-10)24-9-23-11/h2-3,6-7H,4-5,8-9H2,1H3,(H,17,19)/b13-7-. The smallest absolute Gasteiger partial charge is 0.294 e. The van der Waals surface area contributed by atoms with Gasteiger partial charge in [0, 0.05) is 13.7 Å². The Bertz CT molecular complexity index is 748. The van der Waals surface area contributed by atoms with Gasteiger partial charge in [0.05, 0.1) is 11.5 Å². The van der Waals surface area contributed by atoms with Gasteiger partial charge in [0.1, 0.15) is 6.54 Å². The average molecular weight is 364 g/mol. The molecule has 0 unspecified atom stereocenters. The van der Waals surface area contributed by atoms with E-state index in [0.717, 1.165) is 16.7 Å². The van der Waals surface area contributed by atoms with E-state index in [4.69, 9.17) is 14.2 Å². The van der Waals surface area contributed by atoms with Gasteiger partial charge in [-0.05, 0) is 35.5 Å². The summed E-state index contributed by atoms with van der Waals surface area (Å²) in [5.41, 5.74) is 0.708. The quantitative estimate of drug-likeness (QED) is 0.599. The van der Waals surface area contributed by atoms with E-state index in [1.807, 2.05) is 0 Å². The fourth-order valence-electron chi connectivity index (χ4n) is 2.28. The summed E-state index contributed by atoms with van der Waals surface area (Å²) in [6.45, 7) is 0.524. The first-order valence-corrected chi connectivity index (χ1v) is 8.31. The number of nitrogens with one attached hydrogen (secondary N) is 1. The van der Waals surface area contributed by atoms with Gasteiger partial charge < -0.3 is 19.5 Å². The maximum Gasteiger partial charge on any atom is 0.294 e. The number of thioether (sulfide) groups is 1. The number of ether oxygens (including phenoxy) is 3. The Morgan fingerprint density at radius 3 is 2.96 bits per heavy atom. The third-order valence-corrected chi connectivity index (χ3v) is 4.41. The summed E-state index contributed by atoms with van der Waals surface area (Å²) >= 11 is 0.802. The zero-order valence-electron chi connectivity index (χ0n) is 13.4. The molecular formula is C16H16N2O6S. The van der Waals surface area contributed by atoms with Crippen LogP contribution in [0.4, 0.5) is 4.79 Å². The largest absolute Gasteiger partial charge is 0.454 e. The molecule has 2 aliphatic rings. The summed E-state index contributed by atoms with van der Waals surface area (Å²) in [4.78, 5) is 37.4. The highest BCUT2D eigenvalue weighted by atomic mass is 32.2. The highest BCUT2D eigenvalue weighted by Crippen LogP contribution is 2.36. The van der Waals surface area contributed by atoms with E-state index in [2.05, 4.69) is 5.32 Å². The van der Waals surface area contributed by atoms with Gasteiger partial charge in [0.2, 0.25) is 12.7 Å². The fourth-order valence-corrected chi connectivity index (χ4v) is 3.12. The summed E-state index contributed by atoms with van der Waals surface area (Å²) in [6, 6.07) is 5.23. The van der Waals surface area contributed by atoms with E-state index in [0.29, 0.717) is 30.2 Å². The van der Waals surface area contributed by atoms with Gasteiger partial charge in [0.25, 0.3) is 11.1 Å².